The largest absolute Gasteiger partial charge is 0.495 e. The first-order chi connectivity index (χ1) is 9.99. The molecule has 5 heteroatoms. The van der Waals surface area contributed by atoms with Crippen LogP contribution in [0.4, 0.5) is 4.39 Å². The lowest BCUT2D eigenvalue weighted by atomic mass is 9.97. The number of hydrogen-bond acceptors (Lipinski definition) is 3. The van der Waals surface area contributed by atoms with Crippen LogP contribution in [0.1, 0.15) is 22.7 Å². The maximum absolute atomic E-state index is 14.1. The molecule has 21 heavy (non-hydrogen) atoms. The quantitative estimate of drug-likeness (QED) is 0.904. The van der Waals surface area contributed by atoms with E-state index in [2.05, 4.69) is 15.9 Å². The highest BCUT2D eigenvalue weighted by Gasteiger charge is 2.21. The van der Waals surface area contributed by atoms with E-state index in [1.165, 1.54) is 6.07 Å². The molecule has 0 bridgehead atoms. The number of methoxy groups -OCH3 is 2. The Labute approximate surface area is 132 Å². The van der Waals surface area contributed by atoms with Crippen molar-refractivity contribution < 1.29 is 13.9 Å². The Kier molecular flexibility index (Phi) is 4.85. The van der Waals surface area contributed by atoms with Crippen LogP contribution in [-0.2, 0) is 0 Å². The second-order valence-electron chi connectivity index (χ2n) is 4.71. The second-order valence-corrected chi connectivity index (χ2v) is 5.50. The van der Waals surface area contributed by atoms with Crippen molar-refractivity contribution in [2.45, 2.75) is 13.0 Å². The third kappa shape index (κ3) is 3.04. The highest BCUT2D eigenvalue weighted by Crippen LogP contribution is 2.40. The van der Waals surface area contributed by atoms with Crippen LogP contribution >= 0.6 is 15.9 Å². The molecule has 3 nitrogen and oxygen atoms in total. The number of benzene rings is 2. The molecule has 0 aliphatic carbocycles. The number of halogens is 2. The molecule has 0 spiro atoms. The van der Waals surface area contributed by atoms with Crippen molar-refractivity contribution in [2.24, 2.45) is 5.73 Å². The number of aryl methyl sites for hydroxylation is 1. The Morgan fingerprint density at radius 1 is 1.10 bits per heavy atom. The molecule has 2 rings (SSSR count). The first-order valence-corrected chi connectivity index (χ1v) is 7.21. The van der Waals surface area contributed by atoms with E-state index in [9.17, 15) is 4.39 Å². The van der Waals surface area contributed by atoms with E-state index in [1.807, 2.05) is 13.0 Å². The third-order valence-corrected chi connectivity index (χ3v) is 4.09. The zero-order chi connectivity index (χ0) is 15.6. The lowest BCUT2D eigenvalue weighted by Crippen LogP contribution is -2.15. The van der Waals surface area contributed by atoms with Gasteiger partial charge in [0.05, 0.1) is 20.3 Å². The smallest absolute Gasteiger partial charge is 0.141 e. The molecule has 0 saturated carbocycles. The maximum atomic E-state index is 14.1. The van der Waals surface area contributed by atoms with E-state index in [1.54, 1.807) is 32.4 Å². The monoisotopic (exact) mass is 353 g/mol. The van der Waals surface area contributed by atoms with Gasteiger partial charge >= 0.3 is 0 Å². The molecule has 2 N–H and O–H groups in total. The molecule has 2 aromatic rings. The van der Waals surface area contributed by atoms with Crippen molar-refractivity contribution in [3.63, 3.8) is 0 Å². The van der Waals surface area contributed by atoms with Gasteiger partial charge in [0.2, 0.25) is 0 Å². The predicted molar refractivity (Wildman–Crippen MR) is 84.4 cm³/mol. The molecule has 0 radical (unpaired) electrons. The van der Waals surface area contributed by atoms with Crippen molar-refractivity contribution >= 4 is 15.9 Å². The Balaban J connectivity index is 2.52. The van der Waals surface area contributed by atoms with Crippen LogP contribution in [-0.4, -0.2) is 14.2 Å². The van der Waals surface area contributed by atoms with Crippen LogP contribution in [0.3, 0.4) is 0 Å². The van der Waals surface area contributed by atoms with Gasteiger partial charge in [-0.3, -0.25) is 0 Å². The maximum Gasteiger partial charge on any atom is 0.141 e. The molecule has 0 aromatic heterocycles. The minimum atomic E-state index is -0.622. The third-order valence-electron chi connectivity index (χ3n) is 3.34. The van der Waals surface area contributed by atoms with Crippen molar-refractivity contribution in [3.05, 3.63) is 57.3 Å². The van der Waals surface area contributed by atoms with Gasteiger partial charge < -0.3 is 15.2 Å². The average molecular weight is 354 g/mol. The van der Waals surface area contributed by atoms with Gasteiger partial charge in [-0.2, -0.15) is 0 Å². The molecular formula is C16H17BrFNO2. The van der Waals surface area contributed by atoms with E-state index in [4.69, 9.17) is 15.2 Å². The van der Waals surface area contributed by atoms with Gasteiger partial charge in [-0.1, -0.05) is 12.1 Å². The van der Waals surface area contributed by atoms with Crippen LogP contribution in [0.15, 0.2) is 34.8 Å². The molecule has 2 aromatic carbocycles. The van der Waals surface area contributed by atoms with E-state index < -0.39 is 6.04 Å². The SMILES string of the molecule is COc1ccc(C(N)c2ccc(C)cc2F)c(OC)c1Br. The fraction of sp³-hybridized carbons (Fsp3) is 0.250. The molecule has 1 unspecified atom stereocenters. The minimum Gasteiger partial charge on any atom is -0.495 e. The Bertz CT molecular complexity index is 661. The number of hydrogen-bond donors (Lipinski definition) is 1. The highest BCUT2D eigenvalue weighted by atomic mass is 79.9. The van der Waals surface area contributed by atoms with E-state index >= 15 is 0 Å². The fourth-order valence-electron chi connectivity index (χ4n) is 2.21. The topological polar surface area (TPSA) is 44.5 Å². The number of rotatable bonds is 4. The summed E-state index contributed by atoms with van der Waals surface area (Å²) in [4.78, 5) is 0. The zero-order valence-corrected chi connectivity index (χ0v) is 13.7. The molecule has 0 fully saturated rings. The highest BCUT2D eigenvalue weighted by molar-refractivity contribution is 9.10. The van der Waals surface area contributed by atoms with E-state index in [-0.39, 0.29) is 5.82 Å². The van der Waals surface area contributed by atoms with Crippen molar-refractivity contribution in [3.8, 4) is 11.5 Å². The number of ether oxygens (including phenoxy) is 2. The summed E-state index contributed by atoms with van der Waals surface area (Å²) in [6.45, 7) is 1.84. The minimum absolute atomic E-state index is 0.323. The molecule has 0 saturated heterocycles. The summed E-state index contributed by atoms with van der Waals surface area (Å²) in [5.41, 5.74) is 8.19. The standard InChI is InChI=1S/C16H17BrFNO2/c1-9-4-5-10(12(18)8-9)15(19)11-6-7-13(20-2)14(17)16(11)21-3/h4-8,15H,19H2,1-3H3. The Hall–Kier alpha value is -1.59. The predicted octanol–water partition coefficient (Wildman–Crippen LogP) is 3.96. The summed E-state index contributed by atoms with van der Waals surface area (Å²) in [6, 6.07) is 7.94. The van der Waals surface area contributed by atoms with E-state index in [0.29, 0.717) is 27.1 Å². The van der Waals surface area contributed by atoms with Gasteiger partial charge in [-0.15, -0.1) is 0 Å². The van der Waals surface area contributed by atoms with Crippen LogP contribution in [0.2, 0.25) is 0 Å². The molecule has 1 atom stereocenters. The van der Waals surface area contributed by atoms with Crippen molar-refractivity contribution in [1.82, 2.24) is 0 Å². The molecule has 0 heterocycles. The summed E-state index contributed by atoms with van der Waals surface area (Å²) in [6.07, 6.45) is 0. The molecular weight excluding hydrogens is 337 g/mol. The summed E-state index contributed by atoms with van der Waals surface area (Å²) in [5.74, 6) is 0.852. The zero-order valence-electron chi connectivity index (χ0n) is 12.1. The molecule has 112 valence electrons. The van der Waals surface area contributed by atoms with Gasteiger partial charge in [0.1, 0.15) is 21.8 Å². The van der Waals surface area contributed by atoms with Crippen molar-refractivity contribution in [2.75, 3.05) is 14.2 Å². The lowest BCUT2D eigenvalue weighted by Gasteiger charge is -2.19. The summed E-state index contributed by atoms with van der Waals surface area (Å²) in [7, 11) is 3.11. The first kappa shape index (κ1) is 15.8. The number of nitrogens with two attached hydrogens (primary N) is 1. The van der Waals surface area contributed by atoms with Gasteiger partial charge in [0.25, 0.3) is 0 Å². The normalized spacial score (nSPS) is 12.1. The lowest BCUT2D eigenvalue weighted by molar-refractivity contribution is 0.384. The molecule has 0 aliphatic heterocycles. The van der Waals surface area contributed by atoms with Gasteiger partial charge in [0, 0.05) is 11.1 Å². The average Bonchev–Trinajstić information content (AvgIpc) is 2.46. The summed E-state index contributed by atoms with van der Waals surface area (Å²) in [5, 5.41) is 0. The van der Waals surface area contributed by atoms with Gasteiger partial charge in [-0.05, 0) is 46.6 Å². The second kappa shape index (κ2) is 6.45. The molecule has 0 aliphatic rings. The Morgan fingerprint density at radius 3 is 2.33 bits per heavy atom. The summed E-state index contributed by atoms with van der Waals surface area (Å²) >= 11 is 3.42. The van der Waals surface area contributed by atoms with Gasteiger partial charge in [-0.25, -0.2) is 4.39 Å². The van der Waals surface area contributed by atoms with Crippen LogP contribution < -0.4 is 15.2 Å². The first-order valence-electron chi connectivity index (χ1n) is 6.41. The van der Waals surface area contributed by atoms with Crippen LogP contribution in [0.5, 0.6) is 11.5 Å². The fourth-order valence-corrected chi connectivity index (χ4v) is 2.90. The summed E-state index contributed by atoms with van der Waals surface area (Å²) < 4.78 is 25.4. The van der Waals surface area contributed by atoms with Crippen LogP contribution in [0.25, 0.3) is 0 Å². The van der Waals surface area contributed by atoms with Crippen LogP contribution in [0, 0.1) is 12.7 Å². The Morgan fingerprint density at radius 2 is 1.76 bits per heavy atom. The van der Waals surface area contributed by atoms with E-state index in [0.717, 1.165) is 5.56 Å². The molecule has 0 amide bonds. The van der Waals surface area contributed by atoms with Crippen molar-refractivity contribution in [1.29, 1.82) is 0 Å². The van der Waals surface area contributed by atoms with Gasteiger partial charge in [0.15, 0.2) is 0 Å².